The van der Waals surface area contributed by atoms with Crippen molar-refractivity contribution >= 4 is 17.2 Å². The van der Waals surface area contributed by atoms with Gasteiger partial charge in [0.25, 0.3) is 0 Å². The Morgan fingerprint density at radius 3 is 2.65 bits per heavy atom. The Morgan fingerprint density at radius 1 is 1.35 bits per heavy atom. The van der Waals surface area contributed by atoms with E-state index in [1.54, 1.807) is 0 Å². The normalized spacial score (nSPS) is 11.2. The van der Waals surface area contributed by atoms with E-state index in [0.29, 0.717) is 11.6 Å². The molecule has 2 N–H and O–H groups in total. The Bertz CT molecular complexity index is 382. The molecule has 0 heterocycles. The minimum atomic E-state index is 0.151. The van der Waals surface area contributed by atoms with Gasteiger partial charge >= 0.3 is 0 Å². The molecule has 0 fully saturated rings. The van der Waals surface area contributed by atoms with Crippen LogP contribution < -0.4 is 10.5 Å². The van der Waals surface area contributed by atoms with Gasteiger partial charge in [-0.15, -0.1) is 0 Å². The zero-order valence-corrected chi connectivity index (χ0v) is 11.6. The first-order chi connectivity index (χ1) is 7.89. The van der Waals surface area contributed by atoms with E-state index >= 15 is 0 Å². The van der Waals surface area contributed by atoms with Crippen molar-refractivity contribution in [3.63, 3.8) is 0 Å². The molecule has 0 bridgehead atoms. The highest BCUT2D eigenvalue weighted by atomic mass is 32.1. The monoisotopic (exact) mass is 251 g/mol. The molecule has 1 aromatic carbocycles. The summed E-state index contributed by atoms with van der Waals surface area (Å²) in [5, 5.41) is 0. The molecule has 0 spiro atoms. The number of rotatable bonds is 5. The van der Waals surface area contributed by atoms with E-state index in [2.05, 4.69) is 32.9 Å². The summed E-state index contributed by atoms with van der Waals surface area (Å²) in [4.78, 5) is 0.553. The third-order valence-corrected chi connectivity index (χ3v) is 2.74. The average molecular weight is 251 g/mol. The highest BCUT2D eigenvalue weighted by Gasteiger charge is 2.13. The van der Waals surface area contributed by atoms with Gasteiger partial charge in [-0.25, -0.2) is 0 Å². The quantitative estimate of drug-likeness (QED) is 0.643. The maximum atomic E-state index is 5.68. The molecule has 94 valence electrons. The first-order valence-electron chi connectivity index (χ1n) is 5.91. The van der Waals surface area contributed by atoms with Crippen LogP contribution in [0.3, 0.4) is 0 Å². The Labute approximate surface area is 109 Å². The molecule has 0 aliphatic heterocycles. The zero-order chi connectivity index (χ0) is 12.9. The fourth-order valence-corrected chi connectivity index (χ4v) is 1.63. The number of benzene rings is 1. The van der Waals surface area contributed by atoms with Crippen molar-refractivity contribution in [2.75, 3.05) is 6.61 Å². The average Bonchev–Trinajstić information content (AvgIpc) is 2.23. The van der Waals surface area contributed by atoms with Crippen molar-refractivity contribution in [2.24, 2.45) is 5.73 Å². The van der Waals surface area contributed by atoms with Crippen LogP contribution in [0, 0.1) is 0 Å². The van der Waals surface area contributed by atoms with Gasteiger partial charge in [-0.3, -0.25) is 0 Å². The second kappa shape index (κ2) is 6.01. The molecule has 0 radical (unpaired) electrons. The lowest BCUT2D eigenvalue weighted by Gasteiger charge is -2.19. The first-order valence-corrected chi connectivity index (χ1v) is 6.32. The van der Waals surface area contributed by atoms with Gasteiger partial charge < -0.3 is 10.5 Å². The van der Waals surface area contributed by atoms with Gasteiger partial charge in [-0.2, -0.15) is 0 Å². The van der Waals surface area contributed by atoms with E-state index in [4.69, 9.17) is 22.7 Å². The fraction of sp³-hybridized carbons (Fsp3) is 0.500. The van der Waals surface area contributed by atoms with E-state index in [1.165, 1.54) is 5.56 Å². The highest BCUT2D eigenvalue weighted by molar-refractivity contribution is 7.80. The number of nitrogens with two attached hydrogens (primary N) is 1. The molecule has 0 aromatic heterocycles. The molecule has 0 atom stereocenters. The van der Waals surface area contributed by atoms with E-state index < -0.39 is 0 Å². The minimum absolute atomic E-state index is 0.151. The van der Waals surface area contributed by atoms with E-state index in [1.807, 2.05) is 12.1 Å². The largest absolute Gasteiger partial charge is 0.494 e. The first kappa shape index (κ1) is 14.0. The maximum Gasteiger partial charge on any atom is 0.119 e. The molecule has 0 saturated heterocycles. The summed E-state index contributed by atoms with van der Waals surface area (Å²) >= 11 is 4.82. The number of thiocarbonyl (C=S) groups is 1. The molecule has 0 aliphatic rings. The van der Waals surface area contributed by atoms with Crippen molar-refractivity contribution in [1.29, 1.82) is 0 Å². The number of hydrogen-bond donors (Lipinski definition) is 1. The summed E-state index contributed by atoms with van der Waals surface area (Å²) in [5.74, 6) is 0.917. The van der Waals surface area contributed by atoms with E-state index in [0.717, 1.165) is 18.6 Å². The molecule has 0 amide bonds. The lowest BCUT2D eigenvalue weighted by molar-refractivity contribution is 0.313. The molecule has 17 heavy (non-hydrogen) atoms. The smallest absolute Gasteiger partial charge is 0.119 e. The third kappa shape index (κ3) is 5.18. The van der Waals surface area contributed by atoms with Gasteiger partial charge in [-0.05, 0) is 29.5 Å². The number of ether oxygens (including phenoxy) is 1. The van der Waals surface area contributed by atoms with Crippen LogP contribution in [0.1, 0.15) is 39.2 Å². The van der Waals surface area contributed by atoms with Crippen LogP contribution in [0.25, 0.3) is 0 Å². The Hall–Kier alpha value is -1.09. The van der Waals surface area contributed by atoms with Crippen LogP contribution in [-0.4, -0.2) is 11.6 Å². The molecular weight excluding hydrogens is 230 g/mol. The molecule has 3 heteroatoms. The Kier molecular flexibility index (Phi) is 4.94. The van der Waals surface area contributed by atoms with Crippen molar-refractivity contribution in [3.05, 3.63) is 29.8 Å². The van der Waals surface area contributed by atoms with Crippen LogP contribution in [-0.2, 0) is 5.41 Å². The van der Waals surface area contributed by atoms with Crippen molar-refractivity contribution in [1.82, 2.24) is 0 Å². The lowest BCUT2D eigenvalue weighted by atomic mass is 9.87. The maximum absolute atomic E-state index is 5.68. The van der Waals surface area contributed by atoms with Crippen molar-refractivity contribution < 1.29 is 4.74 Å². The van der Waals surface area contributed by atoms with Gasteiger partial charge in [0.1, 0.15) is 5.75 Å². The van der Waals surface area contributed by atoms with Crippen LogP contribution >= 0.6 is 12.2 Å². The molecule has 1 rings (SSSR count). The standard InChI is InChI=1S/C14H21NOS/c1-14(2,3)11-6-4-7-12(10-11)16-9-5-8-13(15)17/h4,6-7,10H,5,8-9H2,1-3H3,(H2,15,17). The van der Waals surface area contributed by atoms with Gasteiger partial charge in [-0.1, -0.05) is 45.1 Å². The summed E-state index contributed by atoms with van der Waals surface area (Å²) < 4.78 is 5.68. The third-order valence-electron chi connectivity index (χ3n) is 2.54. The molecule has 0 aliphatic carbocycles. The van der Waals surface area contributed by atoms with Crippen LogP contribution in [0.2, 0.25) is 0 Å². The van der Waals surface area contributed by atoms with E-state index in [-0.39, 0.29) is 5.41 Å². The summed E-state index contributed by atoms with van der Waals surface area (Å²) in [6.45, 7) is 7.24. The SMILES string of the molecule is CC(C)(C)c1cccc(OCCCC(N)=S)c1. The summed E-state index contributed by atoms with van der Waals surface area (Å²) in [7, 11) is 0. The highest BCUT2D eigenvalue weighted by Crippen LogP contribution is 2.25. The minimum Gasteiger partial charge on any atom is -0.494 e. The second-order valence-corrected chi connectivity index (χ2v) is 5.72. The summed E-state index contributed by atoms with van der Waals surface area (Å²) in [5.41, 5.74) is 6.86. The fourth-order valence-electron chi connectivity index (χ4n) is 1.49. The molecule has 1 aromatic rings. The predicted molar refractivity (Wildman–Crippen MR) is 76.7 cm³/mol. The van der Waals surface area contributed by atoms with Gasteiger partial charge in [0.2, 0.25) is 0 Å². The topological polar surface area (TPSA) is 35.2 Å². The number of hydrogen-bond acceptors (Lipinski definition) is 2. The van der Waals surface area contributed by atoms with Crippen LogP contribution in [0.4, 0.5) is 0 Å². The van der Waals surface area contributed by atoms with Gasteiger partial charge in [0.15, 0.2) is 0 Å². The molecule has 0 unspecified atom stereocenters. The summed E-state index contributed by atoms with van der Waals surface area (Å²) in [6, 6.07) is 8.24. The second-order valence-electron chi connectivity index (χ2n) is 5.20. The predicted octanol–water partition coefficient (Wildman–Crippen LogP) is 3.43. The van der Waals surface area contributed by atoms with E-state index in [9.17, 15) is 0 Å². The molecular formula is C14H21NOS. The van der Waals surface area contributed by atoms with Crippen molar-refractivity contribution in [2.45, 2.75) is 39.0 Å². The lowest BCUT2D eigenvalue weighted by Crippen LogP contribution is -2.11. The van der Waals surface area contributed by atoms with Crippen molar-refractivity contribution in [3.8, 4) is 5.75 Å². The molecule has 2 nitrogen and oxygen atoms in total. The Morgan fingerprint density at radius 2 is 2.06 bits per heavy atom. The Balaban J connectivity index is 2.52. The van der Waals surface area contributed by atoms with Crippen LogP contribution in [0.5, 0.6) is 5.75 Å². The molecule has 0 saturated carbocycles. The summed E-state index contributed by atoms with van der Waals surface area (Å²) in [6.07, 6.45) is 1.61. The zero-order valence-electron chi connectivity index (χ0n) is 10.8. The van der Waals surface area contributed by atoms with Gasteiger partial charge in [0.05, 0.1) is 11.6 Å². The van der Waals surface area contributed by atoms with Gasteiger partial charge in [0, 0.05) is 6.42 Å². The van der Waals surface area contributed by atoms with Crippen LogP contribution in [0.15, 0.2) is 24.3 Å².